The van der Waals surface area contributed by atoms with Crippen LogP contribution in [0.3, 0.4) is 0 Å². The summed E-state index contributed by atoms with van der Waals surface area (Å²) in [5.74, 6) is 0.509. The fourth-order valence-electron chi connectivity index (χ4n) is 8.20. The van der Waals surface area contributed by atoms with Gasteiger partial charge in [0.2, 0.25) is 5.91 Å². The second-order valence-electron chi connectivity index (χ2n) is 16.5. The number of hydrogen-bond donors (Lipinski definition) is 4. The largest absolute Gasteiger partial charge is 0.507 e. The van der Waals surface area contributed by atoms with Gasteiger partial charge in [0.15, 0.2) is 0 Å². The van der Waals surface area contributed by atoms with Gasteiger partial charge in [-0.25, -0.2) is 9.97 Å². The van der Waals surface area contributed by atoms with Crippen molar-refractivity contribution in [2.45, 2.75) is 78.2 Å². The van der Waals surface area contributed by atoms with E-state index in [0.29, 0.717) is 56.0 Å². The van der Waals surface area contributed by atoms with Crippen LogP contribution in [0.15, 0.2) is 84.6 Å². The molecule has 1 unspecified atom stereocenters. The molecule has 0 saturated carbocycles. The van der Waals surface area contributed by atoms with E-state index in [9.17, 15) is 19.8 Å². The summed E-state index contributed by atoms with van der Waals surface area (Å²) in [6.07, 6.45) is 3.06. The first kappa shape index (κ1) is 40.7. The Morgan fingerprint density at radius 3 is 2.34 bits per heavy atom. The Bertz CT molecular complexity index is 2220. The maximum Gasteiger partial charge on any atom is 0.251 e. The second-order valence-corrected chi connectivity index (χ2v) is 17.3. The Labute approximate surface area is 344 Å². The topological polar surface area (TPSA) is 160 Å². The highest BCUT2D eigenvalue weighted by atomic mass is 32.1. The van der Waals surface area contributed by atoms with Gasteiger partial charge in [0, 0.05) is 62.1 Å². The van der Waals surface area contributed by atoms with Crippen LogP contribution in [0, 0.1) is 12.3 Å². The number of amides is 2. The number of aromatic hydroxyl groups is 1. The predicted octanol–water partition coefficient (Wildman–Crippen LogP) is 5.85. The molecule has 13 nitrogen and oxygen atoms in total. The zero-order valence-corrected chi connectivity index (χ0v) is 34.8. The van der Waals surface area contributed by atoms with Crippen LogP contribution in [-0.4, -0.2) is 104 Å². The van der Waals surface area contributed by atoms with Crippen LogP contribution in [0.5, 0.6) is 5.75 Å². The minimum absolute atomic E-state index is 0.146. The number of aliphatic hydroxyl groups excluding tert-OH is 1. The number of nitrogens with one attached hydrogen (secondary N) is 2. The fourth-order valence-corrected chi connectivity index (χ4v) is 9.01. The summed E-state index contributed by atoms with van der Waals surface area (Å²) < 4.78 is 0. The van der Waals surface area contributed by atoms with E-state index >= 15 is 0 Å². The molecule has 0 radical (unpaired) electrons. The van der Waals surface area contributed by atoms with Crippen molar-refractivity contribution in [1.29, 1.82) is 0 Å². The van der Waals surface area contributed by atoms with E-state index in [1.807, 2.05) is 67.6 Å². The number of thiazole rings is 1. The van der Waals surface area contributed by atoms with Crippen molar-refractivity contribution in [3.8, 4) is 27.4 Å². The fraction of sp³-hybridized carbons (Fsp3) is 0.409. The highest BCUT2D eigenvalue weighted by Gasteiger charge is 2.44. The molecule has 7 rings (SSSR count). The van der Waals surface area contributed by atoms with Crippen LogP contribution in [0.1, 0.15) is 68.7 Å². The van der Waals surface area contributed by atoms with Gasteiger partial charge in [-0.3, -0.25) is 14.5 Å². The lowest BCUT2D eigenvalue weighted by molar-refractivity contribution is -0.127. The zero-order chi connectivity index (χ0) is 41.1. The average Bonchev–Trinajstić information content (AvgIpc) is 3.84. The predicted molar refractivity (Wildman–Crippen MR) is 228 cm³/mol. The number of nitrogens with zero attached hydrogens (tertiary/aromatic N) is 7. The van der Waals surface area contributed by atoms with E-state index in [1.165, 1.54) is 0 Å². The molecule has 2 aliphatic rings. The molecule has 5 heterocycles. The number of aryl methyl sites for hydroxylation is 1. The van der Waals surface area contributed by atoms with Crippen molar-refractivity contribution in [3.63, 3.8) is 0 Å². The van der Waals surface area contributed by atoms with Gasteiger partial charge < -0.3 is 30.6 Å². The molecule has 0 spiro atoms. The number of pyridine rings is 1. The van der Waals surface area contributed by atoms with E-state index in [4.69, 9.17) is 0 Å². The molecule has 304 valence electrons. The number of piperazine rings is 1. The molecule has 4 N–H and O–H groups in total. The number of phenolic OH excluding ortho intramolecular Hbond substituents is 1. The summed E-state index contributed by atoms with van der Waals surface area (Å²) in [6, 6.07) is 19.4. The Morgan fingerprint density at radius 1 is 0.931 bits per heavy atom. The molecule has 2 saturated heterocycles. The molecule has 3 aromatic heterocycles. The average molecular weight is 804 g/mol. The monoisotopic (exact) mass is 803 g/mol. The van der Waals surface area contributed by atoms with Gasteiger partial charge >= 0.3 is 0 Å². The van der Waals surface area contributed by atoms with Gasteiger partial charge in [-0.15, -0.1) is 11.3 Å². The number of hydrogen-bond acceptors (Lipinski definition) is 12. The molecule has 0 aliphatic carbocycles. The Hall–Kier alpha value is -5.44. The van der Waals surface area contributed by atoms with Crippen LogP contribution >= 0.6 is 11.3 Å². The number of carbonyl (C=O) groups excluding carboxylic acids is 2. The standard InChI is InChI=1S/C44H53N9O4S/c1-27(30-11-13-31(14-12-30)40-28(2)46-26-58-40)48-43(57)37-23-34(54)25-53(37)29(3)41(44(4,5)6)49-42(56)32-15-16-45-39(21-32)52-19-17-51(18-20-52)33-22-36(50-47-24-33)35-9-7-8-10-38(35)55/h7-16,21-22,24,26-27,29,34,37,41,54-55H,17-20,23,25H2,1-6H3,(H,48,57)(H,49,56)/t27-,29?,34+,37-,41+/m0/s1. The van der Waals surface area contributed by atoms with E-state index in [1.54, 1.807) is 41.9 Å². The summed E-state index contributed by atoms with van der Waals surface area (Å²) >= 11 is 1.61. The number of rotatable bonds is 11. The lowest BCUT2D eigenvalue weighted by Crippen LogP contribution is -2.59. The third-order valence-electron chi connectivity index (χ3n) is 11.4. The van der Waals surface area contributed by atoms with Gasteiger partial charge in [0.1, 0.15) is 11.6 Å². The second kappa shape index (κ2) is 17.2. The number of β-amino-alcohol motifs (C(OH)–C–C–N with tert-alkyl or cyclic N) is 1. The highest BCUT2D eigenvalue weighted by molar-refractivity contribution is 7.13. The third kappa shape index (κ3) is 8.99. The number of aliphatic hydroxyl groups is 1. The van der Waals surface area contributed by atoms with Crippen molar-refractivity contribution >= 4 is 34.7 Å². The Morgan fingerprint density at radius 2 is 1.66 bits per heavy atom. The molecule has 5 atom stereocenters. The maximum atomic E-state index is 14.0. The molecule has 2 fully saturated rings. The lowest BCUT2D eigenvalue weighted by atomic mass is 9.81. The SMILES string of the molecule is Cc1ncsc1-c1ccc([C@H](C)NC(=O)[C@@H]2C[C@@H](O)CN2C(C)[C@@H](NC(=O)c2ccnc(N3CCN(c4cnnc(-c5ccccc5O)c4)CC3)c2)C(C)(C)C)cc1. The number of likely N-dealkylation sites (tertiary alicyclic amines) is 1. The summed E-state index contributed by atoms with van der Waals surface area (Å²) in [7, 11) is 0. The number of para-hydroxylation sites is 1. The van der Waals surface area contributed by atoms with E-state index in [-0.39, 0.29) is 41.1 Å². The summed E-state index contributed by atoms with van der Waals surface area (Å²) in [5, 5.41) is 36.2. The van der Waals surface area contributed by atoms with Crippen LogP contribution in [0.4, 0.5) is 11.5 Å². The van der Waals surface area contributed by atoms with Gasteiger partial charge in [0.25, 0.3) is 5.91 Å². The first-order valence-corrected chi connectivity index (χ1v) is 20.8. The quantitative estimate of drug-likeness (QED) is 0.127. The third-order valence-corrected chi connectivity index (χ3v) is 12.4. The van der Waals surface area contributed by atoms with Crippen molar-refractivity contribution in [3.05, 3.63) is 101 Å². The number of phenols is 1. The number of aromatic nitrogens is 4. The molecular formula is C44H53N9O4S. The van der Waals surface area contributed by atoms with E-state index in [2.05, 4.69) is 73.5 Å². The minimum Gasteiger partial charge on any atom is -0.507 e. The summed E-state index contributed by atoms with van der Waals surface area (Å²) in [6.45, 7) is 15.4. The highest BCUT2D eigenvalue weighted by Crippen LogP contribution is 2.33. The minimum atomic E-state index is -0.663. The van der Waals surface area contributed by atoms with Crippen LogP contribution < -0.4 is 20.4 Å². The summed E-state index contributed by atoms with van der Waals surface area (Å²) in [5.41, 5.74) is 7.21. The Balaban J connectivity index is 0.987. The molecule has 5 aromatic rings. The van der Waals surface area contributed by atoms with E-state index < -0.39 is 12.1 Å². The summed E-state index contributed by atoms with van der Waals surface area (Å²) in [4.78, 5) is 44.5. The van der Waals surface area contributed by atoms with Gasteiger partial charge in [-0.1, -0.05) is 57.2 Å². The molecule has 0 bridgehead atoms. The molecular weight excluding hydrogens is 751 g/mol. The Kier molecular flexibility index (Phi) is 12.1. The molecule has 14 heteroatoms. The maximum absolute atomic E-state index is 14.0. The van der Waals surface area contributed by atoms with Crippen molar-refractivity contribution < 1.29 is 19.8 Å². The first-order valence-electron chi connectivity index (χ1n) is 19.9. The van der Waals surface area contributed by atoms with Gasteiger partial charge in [0.05, 0.1) is 51.8 Å². The molecule has 58 heavy (non-hydrogen) atoms. The van der Waals surface area contributed by atoms with Crippen LogP contribution in [0.2, 0.25) is 0 Å². The first-order chi connectivity index (χ1) is 27.8. The van der Waals surface area contributed by atoms with Crippen molar-refractivity contribution in [1.82, 2.24) is 35.7 Å². The molecule has 2 amide bonds. The van der Waals surface area contributed by atoms with Crippen LogP contribution in [0.25, 0.3) is 21.7 Å². The number of carbonyl (C=O) groups is 2. The van der Waals surface area contributed by atoms with Gasteiger partial charge in [-0.05, 0) is 74.1 Å². The smallest absolute Gasteiger partial charge is 0.251 e. The van der Waals surface area contributed by atoms with E-state index in [0.717, 1.165) is 33.2 Å². The molecule has 2 aromatic carbocycles. The molecule has 2 aliphatic heterocycles. The number of benzene rings is 2. The zero-order valence-electron chi connectivity index (χ0n) is 34.0. The van der Waals surface area contributed by atoms with Gasteiger partial charge in [-0.2, -0.15) is 10.2 Å². The lowest BCUT2D eigenvalue weighted by Gasteiger charge is -2.42. The van der Waals surface area contributed by atoms with Crippen molar-refractivity contribution in [2.75, 3.05) is 42.5 Å². The normalized spacial score (nSPS) is 19.1. The van der Waals surface area contributed by atoms with Crippen LogP contribution in [-0.2, 0) is 4.79 Å². The number of anilines is 2. The van der Waals surface area contributed by atoms with Crippen molar-refractivity contribution in [2.24, 2.45) is 5.41 Å².